The third-order valence-corrected chi connectivity index (χ3v) is 6.08. The van der Waals surface area contributed by atoms with E-state index in [0.717, 1.165) is 37.9 Å². The van der Waals surface area contributed by atoms with Crippen LogP contribution in [0.1, 0.15) is 25.7 Å². The molecule has 2 saturated heterocycles. The van der Waals surface area contributed by atoms with Gasteiger partial charge in [-0.25, -0.2) is 0 Å². The van der Waals surface area contributed by atoms with Crippen LogP contribution < -0.4 is 15.5 Å². The maximum Gasteiger partial charge on any atom is 0.0623 e. The Hall–Kier alpha value is -0.520. The highest BCUT2D eigenvalue weighted by molar-refractivity contribution is 6.30. The van der Waals surface area contributed by atoms with Crippen molar-refractivity contribution in [3.63, 3.8) is 0 Å². The van der Waals surface area contributed by atoms with Gasteiger partial charge >= 0.3 is 0 Å². The summed E-state index contributed by atoms with van der Waals surface area (Å²) in [7, 11) is 0. The fraction of sp³-hybridized carbons (Fsp3) is 0.684. The second-order valence-electron chi connectivity index (χ2n) is 7.41. The van der Waals surface area contributed by atoms with Crippen LogP contribution in [0.25, 0.3) is 0 Å². The summed E-state index contributed by atoms with van der Waals surface area (Å²) < 4.78 is 5.69. The van der Waals surface area contributed by atoms with Crippen LogP contribution in [-0.2, 0) is 4.74 Å². The molecule has 2 heterocycles. The van der Waals surface area contributed by atoms with Crippen molar-refractivity contribution in [3.05, 3.63) is 29.3 Å². The molecule has 6 heteroatoms. The Morgan fingerprint density at radius 2 is 2.16 bits per heavy atom. The number of hydrogen-bond acceptors (Lipinski definition) is 4. The van der Waals surface area contributed by atoms with E-state index in [1.807, 2.05) is 12.1 Å². The number of halogens is 2. The normalized spacial score (nSPS) is 32.6. The third-order valence-electron chi connectivity index (χ3n) is 5.85. The lowest BCUT2D eigenvalue weighted by molar-refractivity contribution is 0.0518. The van der Waals surface area contributed by atoms with Crippen molar-refractivity contribution >= 4 is 29.7 Å². The van der Waals surface area contributed by atoms with Gasteiger partial charge in [-0.1, -0.05) is 24.1 Å². The van der Waals surface area contributed by atoms with Crippen molar-refractivity contribution in [2.45, 2.75) is 43.8 Å². The molecule has 0 spiro atoms. The van der Waals surface area contributed by atoms with Gasteiger partial charge in [0, 0.05) is 48.5 Å². The molecule has 25 heavy (non-hydrogen) atoms. The molecule has 0 amide bonds. The predicted octanol–water partition coefficient (Wildman–Crippen LogP) is 3.09. The van der Waals surface area contributed by atoms with Crippen molar-refractivity contribution in [1.29, 1.82) is 0 Å². The lowest BCUT2D eigenvalue weighted by Gasteiger charge is -2.34. The fourth-order valence-corrected chi connectivity index (χ4v) is 4.83. The molecule has 3 aliphatic rings. The van der Waals surface area contributed by atoms with Gasteiger partial charge in [0.1, 0.15) is 0 Å². The van der Waals surface area contributed by atoms with Gasteiger partial charge in [0.15, 0.2) is 0 Å². The van der Waals surface area contributed by atoms with Crippen LogP contribution in [0.15, 0.2) is 24.3 Å². The Balaban J connectivity index is 0.00000182. The van der Waals surface area contributed by atoms with Gasteiger partial charge in [-0.3, -0.25) is 0 Å². The molecule has 4 atom stereocenters. The lowest BCUT2D eigenvalue weighted by atomic mass is 9.93. The lowest BCUT2D eigenvalue weighted by Crippen LogP contribution is -2.52. The SMILES string of the molecule is Cl.Clc1cccc(N2CCC(NC3CCCC3C3COCCN3)C2)c1. The summed E-state index contributed by atoms with van der Waals surface area (Å²) in [4.78, 5) is 2.45. The van der Waals surface area contributed by atoms with E-state index in [9.17, 15) is 0 Å². The van der Waals surface area contributed by atoms with Crippen molar-refractivity contribution < 1.29 is 4.74 Å². The molecule has 1 aliphatic carbocycles. The van der Waals surface area contributed by atoms with E-state index in [-0.39, 0.29) is 12.4 Å². The maximum atomic E-state index is 6.14. The zero-order valence-electron chi connectivity index (χ0n) is 14.6. The van der Waals surface area contributed by atoms with E-state index >= 15 is 0 Å². The van der Waals surface area contributed by atoms with Crippen LogP contribution in [0.2, 0.25) is 5.02 Å². The molecule has 2 aliphatic heterocycles. The van der Waals surface area contributed by atoms with Gasteiger partial charge in [0.25, 0.3) is 0 Å². The minimum absolute atomic E-state index is 0. The molecular weight excluding hydrogens is 357 g/mol. The molecule has 140 valence electrons. The number of nitrogens with one attached hydrogen (secondary N) is 2. The van der Waals surface area contributed by atoms with Gasteiger partial charge in [-0.15, -0.1) is 12.4 Å². The minimum atomic E-state index is 0. The molecule has 0 aromatic heterocycles. The van der Waals surface area contributed by atoms with Crippen LogP contribution >= 0.6 is 24.0 Å². The number of nitrogens with zero attached hydrogens (tertiary/aromatic N) is 1. The largest absolute Gasteiger partial charge is 0.379 e. The van der Waals surface area contributed by atoms with Crippen molar-refractivity contribution in [2.24, 2.45) is 5.92 Å². The first kappa shape index (κ1) is 19.2. The zero-order chi connectivity index (χ0) is 16.4. The minimum Gasteiger partial charge on any atom is -0.379 e. The number of rotatable bonds is 4. The summed E-state index contributed by atoms with van der Waals surface area (Å²) in [6.07, 6.45) is 5.18. The van der Waals surface area contributed by atoms with E-state index in [1.54, 1.807) is 0 Å². The highest BCUT2D eigenvalue weighted by atomic mass is 35.5. The third kappa shape index (κ3) is 4.61. The predicted molar refractivity (Wildman–Crippen MR) is 106 cm³/mol. The fourth-order valence-electron chi connectivity index (χ4n) is 4.64. The second kappa shape index (κ2) is 8.92. The quantitative estimate of drug-likeness (QED) is 0.834. The first-order chi connectivity index (χ1) is 11.8. The molecular formula is C19H29Cl2N3O. The van der Waals surface area contributed by atoms with Crippen LogP contribution in [0.3, 0.4) is 0 Å². The topological polar surface area (TPSA) is 36.5 Å². The van der Waals surface area contributed by atoms with E-state index in [2.05, 4.69) is 27.7 Å². The van der Waals surface area contributed by atoms with Crippen molar-refractivity contribution in [3.8, 4) is 0 Å². The van der Waals surface area contributed by atoms with E-state index in [0.29, 0.717) is 24.0 Å². The van der Waals surface area contributed by atoms with E-state index in [1.165, 1.54) is 31.4 Å². The molecule has 0 radical (unpaired) electrons. The summed E-state index contributed by atoms with van der Waals surface area (Å²) in [6, 6.07) is 9.97. The number of hydrogen-bond donors (Lipinski definition) is 2. The van der Waals surface area contributed by atoms with E-state index in [4.69, 9.17) is 16.3 Å². The Bertz CT molecular complexity index is 553. The van der Waals surface area contributed by atoms with Crippen LogP contribution in [0, 0.1) is 5.92 Å². The van der Waals surface area contributed by atoms with Crippen molar-refractivity contribution in [2.75, 3.05) is 37.7 Å². The number of ether oxygens (including phenoxy) is 1. The average Bonchev–Trinajstić information content (AvgIpc) is 3.26. The van der Waals surface area contributed by atoms with Crippen LogP contribution in [0.4, 0.5) is 5.69 Å². The monoisotopic (exact) mass is 385 g/mol. The molecule has 2 N–H and O–H groups in total. The molecule has 4 unspecified atom stereocenters. The highest BCUT2D eigenvalue weighted by Crippen LogP contribution is 2.31. The standard InChI is InChI=1S/C19H28ClN3O.ClH/c20-14-3-1-4-16(11-14)23-9-7-15(12-23)22-18-6-2-5-17(18)19-13-24-10-8-21-19;/h1,3-4,11,15,17-19,21-22H,2,5-10,12-13H2;1H. The van der Waals surface area contributed by atoms with Gasteiger partial charge in [0.2, 0.25) is 0 Å². The van der Waals surface area contributed by atoms with Gasteiger partial charge in [0.05, 0.1) is 13.2 Å². The summed E-state index contributed by atoms with van der Waals surface area (Å²) in [5.74, 6) is 0.713. The number of benzene rings is 1. The average molecular weight is 386 g/mol. The first-order valence-electron chi connectivity index (χ1n) is 9.37. The van der Waals surface area contributed by atoms with Crippen molar-refractivity contribution in [1.82, 2.24) is 10.6 Å². The van der Waals surface area contributed by atoms with Crippen LogP contribution in [-0.4, -0.2) is 51.0 Å². The maximum absolute atomic E-state index is 6.14. The van der Waals surface area contributed by atoms with Gasteiger partial charge in [-0.05, 0) is 43.4 Å². The summed E-state index contributed by atoms with van der Waals surface area (Å²) in [6.45, 7) is 4.93. The first-order valence-corrected chi connectivity index (χ1v) is 9.75. The Labute approximate surface area is 162 Å². The van der Waals surface area contributed by atoms with E-state index < -0.39 is 0 Å². The van der Waals surface area contributed by atoms with Gasteiger partial charge < -0.3 is 20.3 Å². The number of morpholine rings is 1. The Kier molecular flexibility index (Phi) is 6.86. The molecule has 3 fully saturated rings. The molecule has 1 aromatic rings. The zero-order valence-corrected chi connectivity index (χ0v) is 16.2. The smallest absolute Gasteiger partial charge is 0.0623 e. The summed E-state index contributed by atoms with van der Waals surface area (Å²) >= 11 is 6.14. The molecule has 1 saturated carbocycles. The summed E-state index contributed by atoms with van der Waals surface area (Å²) in [5.41, 5.74) is 1.25. The number of anilines is 1. The molecule has 4 nitrogen and oxygen atoms in total. The second-order valence-corrected chi connectivity index (χ2v) is 7.85. The van der Waals surface area contributed by atoms with Gasteiger partial charge in [-0.2, -0.15) is 0 Å². The molecule has 1 aromatic carbocycles. The Morgan fingerprint density at radius 3 is 2.96 bits per heavy atom. The van der Waals surface area contributed by atoms with Crippen LogP contribution in [0.5, 0.6) is 0 Å². The Morgan fingerprint density at radius 1 is 1.24 bits per heavy atom. The molecule has 4 rings (SSSR count). The highest BCUT2D eigenvalue weighted by Gasteiger charge is 2.36. The summed E-state index contributed by atoms with van der Waals surface area (Å²) in [5, 5.41) is 8.46. The molecule has 0 bridgehead atoms.